The molecule has 2 aliphatic heterocycles. The summed E-state index contributed by atoms with van der Waals surface area (Å²) >= 11 is 0. The number of rotatable bonds is 7. The van der Waals surface area contributed by atoms with Crippen LogP contribution in [0.2, 0.25) is 0 Å². The number of nitrogens with zero attached hydrogens (tertiary/aromatic N) is 2. The van der Waals surface area contributed by atoms with Gasteiger partial charge in [-0.3, -0.25) is 9.10 Å². The molecule has 0 spiro atoms. The SMILES string of the molecule is O=C(CCCN1c2cccc3cccc(c23)S1(=O)=O)Nc1ccc(S(=O)(=O)N2CCCCCC2)cc1. The zero-order chi connectivity index (χ0) is 25.3. The van der Waals surface area contributed by atoms with Gasteiger partial charge in [0, 0.05) is 37.1 Å². The average molecular weight is 528 g/mol. The molecule has 1 saturated heterocycles. The van der Waals surface area contributed by atoms with Crippen LogP contribution in [0.3, 0.4) is 0 Å². The summed E-state index contributed by atoms with van der Waals surface area (Å²) in [6.07, 6.45) is 4.30. The van der Waals surface area contributed by atoms with E-state index in [1.165, 1.54) is 16.4 Å². The van der Waals surface area contributed by atoms with Crippen molar-refractivity contribution in [2.75, 3.05) is 29.3 Å². The largest absolute Gasteiger partial charge is 0.326 e. The van der Waals surface area contributed by atoms with Crippen molar-refractivity contribution in [3.8, 4) is 0 Å². The normalized spacial score (nSPS) is 17.7. The molecule has 0 unspecified atom stereocenters. The number of hydrogen-bond donors (Lipinski definition) is 1. The van der Waals surface area contributed by atoms with Gasteiger partial charge in [-0.1, -0.05) is 37.1 Å². The van der Waals surface area contributed by atoms with Crippen LogP contribution < -0.4 is 9.62 Å². The van der Waals surface area contributed by atoms with Gasteiger partial charge in [0.05, 0.1) is 15.5 Å². The highest BCUT2D eigenvalue weighted by molar-refractivity contribution is 7.93. The Morgan fingerprint density at radius 1 is 0.889 bits per heavy atom. The summed E-state index contributed by atoms with van der Waals surface area (Å²) in [6, 6.07) is 17.0. The predicted molar refractivity (Wildman–Crippen MR) is 140 cm³/mol. The lowest BCUT2D eigenvalue weighted by Gasteiger charge is -2.20. The maximum atomic E-state index is 13.1. The molecule has 0 atom stereocenters. The van der Waals surface area contributed by atoms with Crippen LogP contribution in [0.4, 0.5) is 11.4 Å². The first-order valence-corrected chi connectivity index (χ1v) is 15.1. The number of sulfonamides is 2. The van der Waals surface area contributed by atoms with Crippen LogP contribution >= 0.6 is 0 Å². The molecule has 1 amide bonds. The minimum atomic E-state index is -3.64. The molecule has 1 N–H and O–H groups in total. The van der Waals surface area contributed by atoms with Crippen molar-refractivity contribution in [1.29, 1.82) is 0 Å². The molecule has 1 fully saturated rings. The van der Waals surface area contributed by atoms with E-state index in [0.29, 0.717) is 35.8 Å². The first kappa shape index (κ1) is 24.7. The summed E-state index contributed by atoms with van der Waals surface area (Å²) in [5.74, 6) is -0.259. The van der Waals surface area contributed by atoms with Crippen LogP contribution in [-0.4, -0.2) is 46.7 Å². The fraction of sp³-hybridized carbons (Fsp3) is 0.346. The number of anilines is 2. The first-order chi connectivity index (χ1) is 17.3. The lowest BCUT2D eigenvalue weighted by molar-refractivity contribution is -0.116. The standard InChI is InChI=1S/C26H29N3O5S2/c30-25(27-21-13-15-22(16-14-21)35(31,32)28-17-3-1-2-4-18-28)12-7-19-29-23-10-5-8-20-9-6-11-24(26(20)23)36(29,33)34/h5-6,8-11,13-16H,1-4,7,12,17-19H2,(H,27,30). The van der Waals surface area contributed by atoms with Crippen molar-refractivity contribution in [3.63, 3.8) is 0 Å². The molecule has 8 nitrogen and oxygen atoms in total. The molecule has 0 saturated carbocycles. The highest BCUT2D eigenvalue weighted by atomic mass is 32.2. The van der Waals surface area contributed by atoms with Gasteiger partial charge in [0.25, 0.3) is 10.0 Å². The lowest BCUT2D eigenvalue weighted by Crippen LogP contribution is -2.31. The Labute approximate surface area is 212 Å². The Hall–Kier alpha value is -2.95. The Morgan fingerprint density at radius 3 is 2.25 bits per heavy atom. The first-order valence-electron chi connectivity index (χ1n) is 12.2. The van der Waals surface area contributed by atoms with Crippen LogP contribution in [-0.2, 0) is 24.8 Å². The van der Waals surface area contributed by atoms with E-state index in [1.807, 2.05) is 18.2 Å². The molecule has 2 aliphatic rings. The number of nitrogens with one attached hydrogen (secondary N) is 1. The Bertz CT molecular complexity index is 1490. The minimum absolute atomic E-state index is 0.131. The third-order valence-electron chi connectivity index (χ3n) is 6.79. The van der Waals surface area contributed by atoms with Crippen LogP contribution in [0.25, 0.3) is 10.8 Å². The molecule has 3 aromatic carbocycles. The third kappa shape index (κ3) is 4.60. The monoisotopic (exact) mass is 527 g/mol. The second kappa shape index (κ2) is 9.84. The van der Waals surface area contributed by atoms with Gasteiger partial charge < -0.3 is 5.32 Å². The van der Waals surface area contributed by atoms with Gasteiger partial charge in [-0.25, -0.2) is 16.8 Å². The number of hydrogen-bond acceptors (Lipinski definition) is 5. The highest BCUT2D eigenvalue weighted by Crippen LogP contribution is 2.42. The molecule has 190 valence electrons. The highest BCUT2D eigenvalue weighted by Gasteiger charge is 2.35. The van der Waals surface area contributed by atoms with Crippen LogP contribution in [0.5, 0.6) is 0 Å². The van der Waals surface area contributed by atoms with Gasteiger partial charge in [-0.15, -0.1) is 0 Å². The molecular weight excluding hydrogens is 498 g/mol. The van der Waals surface area contributed by atoms with Gasteiger partial charge in [0.2, 0.25) is 15.9 Å². The number of amides is 1. The fourth-order valence-electron chi connectivity index (χ4n) is 4.95. The molecular formula is C26H29N3O5S2. The molecule has 3 aromatic rings. The molecule has 5 rings (SSSR count). The van der Waals surface area contributed by atoms with E-state index in [-0.39, 0.29) is 23.8 Å². The summed E-state index contributed by atoms with van der Waals surface area (Å²) in [7, 11) is -7.19. The topological polar surface area (TPSA) is 104 Å². The molecule has 0 radical (unpaired) electrons. The molecule has 0 bridgehead atoms. The van der Waals surface area contributed by atoms with E-state index in [4.69, 9.17) is 0 Å². The minimum Gasteiger partial charge on any atom is -0.326 e. The van der Waals surface area contributed by atoms with Gasteiger partial charge in [-0.2, -0.15) is 4.31 Å². The lowest BCUT2D eigenvalue weighted by atomic mass is 10.1. The molecule has 0 aromatic heterocycles. The third-order valence-corrected chi connectivity index (χ3v) is 10.6. The number of carbonyl (C=O) groups excluding carboxylic acids is 1. The van der Waals surface area contributed by atoms with Crippen molar-refractivity contribution < 1.29 is 21.6 Å². The van der Waals surface area contributed by atoms with Gasteiger partial charge in [0.15, 0.2) is 0 Å². The van der Waals surface area contributed by atoms with Crippen LogP contribution in [0.15, 0.2) is 70.5 Å². The van der Waals surface area contributed by atoms with Crippen molar-refractivity contribution >= 4 is 48.1 Å². The predicted octanol–water partition coefficient (Wildman–Crippen LogP) is 4.33. The summed E-state index contributed by atoms with van der Waals surface area (Å²) < 4.78 is 54.9. The zero-order valence-corrected chi connectivity index (χ0v) is 21.5. The maximum absolute atomic E-state index is 13.1. The quantitative estimate of drug-likeness (QED) is 0.493. The Kier molecular flexibility index (Phi) is 6.76. The number of benzene rings is 3. The second-order valence-corrected chi connectivity index (χ2v) is 13.0. The van der Waals surface area contributed by atoms with E-state index in [2.05, 4.69) is 5.32 Å². The van der Waals surface area contributed by atoms with Crippen molar-refractivity contribution in [1.82, 2.24) is 4.31 Å². The molecule has 36 heavy (non-hydrogen) atoms. The molecule has 10 heteroatoms. The smallest absolute Gasteiger partial charge is 0.265 e. The summed E-state index contributed by atoms with van der Waals surface area (Å²) in [4.78, 5) is 13.0. The van der Waals surface area contributed by atoms with E-state index in [0.717, 1.165) is 36.5 Å². The van der Waals surface area contributed by atoms with E-state index < -0.39 is 20.0 Å². The molecule has 0 aliphatic carbocycles. The summed E-state index contributed by atoms with van der Waals surface area (Å²) in [5.41, 5.74) is 1.14. The molecule has 2 heterocycles. The number of carbonyl (C=O) groups is 1. The zero-order valence-electron chi connectivity index (χ0n) is 19.9. The Balaban J connectivity index is 1.19. The Morgan fingerprint density at radius 2 is 1.56 bits per heavy atom. The average Bonchev–Trinajstić information content (AvgIpc) is 3.05. The second-order valence-electron chi connectivity index (χ2n) is 9.20. The van der Waals surface area contributed by atoms with Crippen molar-refractivity contribution in [2.24, 2.45) is 0 Å². The summed E-state index contributed by atoms with van der Waals surface area (Å²) in [5, 5.41) is 4.37. The van der Waals surface area contributed by atoms with Gasteiger partial charge in [-0.05, 0) is 61.0 Å². The van der Waals surface area contributed by atoms with Crippen LogP contribution in [0.1, 0.15) is 38.5 Å². The maximum Gasteiger partial charge on any atom is 0.265 e. The fourth-order valence-corrected chi connectivity index (χ4v) is 8.21. The van der Waals surface area contributed by atoms with Crippen LogP contribution in [0, 0.1) is 0 Å². The van der Waals surface area contributed by atoms with Gasteiger partial charge in [0.1, 0.15) is 0 Å². The van der Waals surface area contributed by atoms with E-state index >= 15 is 0 Å². The van der Waals surface area contributed by atoms with Gasteiger partial charge >= 0.3 is 0 Å². The summed E-state index contributed by atoms with van der Waals surface area (Å²) in [6.45, 7) is 1.26. The van der Waals surface area contributed by atoms with E-state index in [1.54, 1.807) is 34.6 Å². The van der Waals surface area contributed by atoms with E-state index in [9.17, 15) is 21.6 Å². The van der Waals surface area contributed by atoms with Crippen molar-refractivity contribution in [3.05, 3.63) is 60.7 Å². The van der Waals surface area contributed by atoms with Crippen molar-refractivity contribution in [2.45, 2.75) is 48.3 Å².